The number of hydrogen-bond acceptors (Lipinski definition) is 6. The van der Waals surface area contributed by atoms with Crippen molar-refractivity contribution in [1.29, 1.82) is 0 Å². The predicted molar refractivity (Wildman–Crippen MR) is 125 cm³/mol. The van der Waals surface area contributed by atoms with Crippen LogP contribution >= 0.6 is 0 Å². The summed E-state index contributed by atoms with van der Waals surface area (Å²) in [5, 5.41) is 7.23. The molecule has 8 heteroatoms. The number of rotatable bonds is 5. The number of nitrogens with one attached hydrogen (secondary N) is 1. The Balaban J connectivity index is 1.27. The third kappa shape index (κ3) is 4.16. The van der Waals surface area contributed by atoms with Gasteiger partial charge in [0.1, 0.15) is 5.75 Å². The molecule has 5 rings (SSSR count). The van der Waals surface area contributed by atoms with Gasteiger partial charge < -0.3 is 14.6 Å². The number of nitrogens with zero attached hydrogens (tertiary/aromatic N) is 3. The Labute approximate surface area is 198 Å². The first-order valence-corrected chi connectivity index (χ1v) is 11.6. The fraction of sp³-hybridized carbons (Fsp3) is 0.385. The molecule has 2 aliphatic rings. The Morgan fingerprint density at radius 2 is 1.88 bits per heavy atom. The lowest BCUT2D eigenvalue weighted by molar-refractivity contribution is -0.137. The van der Waals surface area contributed by atoms with E-state index in [-0.39, 0.29) is 36.4 Å². The number of urea groups is 1. The maximum absolute atomic E-state index is 13.2. The molecule has 0 bridgehead atoms. The quantitative estimate of drug-likeness (QED) is 0.607. The van der Waals surface area contributed by atoms with Crippen molar-refractivity contribution >= 4 is 11.9 Å². The number of aromatic nitrogens is 2. The Bertz CT molecular complexity index is 1220. The summed E-state index contributed by atoms with van der Waals surface area (Å²) < 4.78 is 10.8. The Hall–Kier alpha value is -3.68. The molecule has 3 amide bonds. The van der Waals surface area contributed by atoms with E-state index in [0.29, 0.717) is 24.6 Å². The molecule has 2 aromatic carbocycles. The first kappa shape index (κ1) is 22.1. The van der Waals surface area contributed by atoms with Crippen LogP contribution < -0.4 is 10.1 Å². The molecular formula is C26H28N4O4. The van der Waals surface area contributed by atoms with Gasteiger partial charge in [-0.3, -0.25) is 9.69 Å². The van der Waals surface area contributed by atoms with Crippen LogP contribution in [0, 0.1) is 19.8 Å². The topological polar surface area (TPSA) is 97.6 Å². The van der Waals surface area contributed by atoms with E-state index in [9.17, 15) is 9.59 Å². The highest BCUT2D eigenvalue weighted by Crippen LogP contribution is 2.38. The van der Waals surface area contributed by atoms with Gasteiger partial charge >= 0.3 is 6.03 Å². The van der Waals surface area contributed by atoms with E-state index in [0.717, 1.165) is 23.3 Å². The standard InChI is InChI=1S/C26H28N4O4/c1-15-4-7-18(12-16(15)2)23-28-24(34-29-23)19-8-11-21-22(13-19)27-26(32)30(25(21)31)14-17-5-9-20(33-3)10-6-17/h4-7,9-10,12,19,21-22H,8,11,13-14H2,1-3H3,(H,27,32). The summed E-state index contributed by atoms with van der Waals surface area (Å²) in [6.07, 6.45) is 2.02. The van der Waals surface area contributed by atoms with Crippen LogP contribution in [-0.4, -0.2) is 40.1 Å². The van der Waals surface area contributed by atoms with Crippen molar-refractivity contribution in [3.63, 3.8) is 0 Å². The average molecular weight is 461 g/mol. The molecule has 1 aliphatic heterocycles. The third-order valence-corrected chi connectivity index (χ3v) is 7.04. The molecule has 1 aliphatic carbocycles. The van der Waals surface area contributed by atoms with Gasteiger partial charge in [-0.2, -0.15) is 4.98 Å². The van der Waals surface area contributed by atoms with Crippen LogP contribution in [-0.2, 0) is 11.3 Å². The first-order valence-electron chi connectivity index (χ1n) is 11.6. The Morgan fingerprint density at radius 1 is 1.09 bits per heavy atom. The smallest absolute Gasteiger partial charge is 0.324 e. The molecule has 0 radical (unpaired) electrons. The molecule has 2 fully saturated rings. The van der Waals surface area contributed by atoms with Crippen LogP contribution in [0.5, 0.6) is 5.75 Å². The van der Waals surface area contributed by atoms with Gasteiger partial charge in [0, 0.05) is 17.5 Å². The molecule has 3 unspecified atom stereocenters. The predicted octanol–water partition coefficient (Wildman–Crippen LogP) is 4.37. The molecule has 3 aromatic rings. The zero-order valence-electron chi connectivity index (χ0n) is 19.6. The van der Waals surface area contributed by atoms with Crippen LogP contribution in [0.3, 0.4) is 0 Å². The minimum atomic E-state index is -0.357. The van der Waals surface area contributed by atoms with Gasteiger partial charge in [-0.15, -0.1) is 0 Å². The highest BCUT2D eigenvalue weighted by atomic mass is 16.5. The summed E-state index contributed by atoms with van der Waals surface area (Å²) in [6, 6.07) is 12.9. The number of carbonyl (C=O) groups is 2. The van der Waals surface area contributed by atoms with Gasteiger partial charge in [0.2, 0.25) is 17.6 Å². The van der Waals surface area contributed by atoms with Crippen LogP contribution in [0.4, 0.5) is 4.79 Å². The van der Waals surface area contributed by atoms with Crippen molar-refractivity contribution in [3.05, 3.63) is 65.0 Å². The fourth-order valence-electron chi connectivity index (χ4n) is 4.85. The maximum Gasteiger partial charge on any atom is 0.324 e. The van der Waals surface area contributed by atoms with Gasteiger partial charge in [-0.05, 0) is 68.0 Å². The van der Waals surface area contributed by atoms with E-state index in [1.165, 1.54) is 16.0 Å². The van der Waals surface area contributed by atoms with Gasteiger partial charge in [0.05, 0.1) is 19.6 Å². The zero-order chi connectivity index (χ0) is 23.8. The second-order valence-corrected chi connectivity index (χ2v) is 9.20. The summed E-state index contributed by atoms with van der Waals surface area (Å²) in [6.45, 7) is 4.36. The lowest BCUT2D eigenvalue weighted by atomic mass is 9.76. The lowest BCUT2D eigenvalue weighted by Gasteiger charge is -2.41. The molecule has 176 valence electrons. The van der Waals surface area contributed by atoms with Crippen molar-refractivity contribution in [2.75, 3.05) is 7.11 Å². The second kappa shape index (κ2) is 8.93. The number of imide groups is 1. The summed E-state index contributed by atoms with van der Waals surface area (Å²) in [4.78, 5) is 31.9. The Morgan fingerprint density at radius 3 is 2.62 bits per heavy atom. The maximum atomic E-state index is 13.2. The summed E-state index contributed by atoms with van der Waals surface area (Å²) in [7, 11) is 1.60. The van der Waals surface area contributed by atoms with E-state index in [1.807, 2.05) is 36.4 Å². The molecule has 3 atom stereocenters. The molecule has 1 N–H and O–H groups in total. The Kier molecular flexibility index (Phi) is 5.81. The van der Waals surface area contributed by atoms with Crippen LogP contribution in [0.1, 0.15) is 47.8 Å². The first-order chi connectivity index (χ1) is 16.4. The molecular weight excluding hydrogens is 432 g/mol. The van der Waals surface area contributed by atoms with Gasteiger partial charge in [-0.1, -0.05) is 29.4 Å². The van der Waals surface area contributed by atoms with Crippen molar-refractivity contribution in [1.82, 2.24) is 20.4 Å². The normalized spacial score (nSPS) is 22.3. The molecule has 1 saturated heterocycles. The van der Waals surface area contributed by atoms with Crippen molar-refractivity contribution in [3.8, 4) is 17.1 Å². The van der Waals surface area contributed by atoms with E-state index in [2.05, 4.69) is 35.4 Å². The number of ether oxygens (including phenoxy) is 1. The second-order valence-electron chi connectivity index (χ2n) is 9.20. The molecule has 8 nitrogen and oxygen atoms in total. The zero-order valence-corrected chi connectivity index (χ0v) is 19.6. The van der Waals surface area contributed by atoms with E-state index in [4.69, 9.17) is 9.26 Å². The lowest BCUT2D eigenvalue weighted by Crippen LogP contribution is -2.60. The number of methoxy groups -OCH3 is 1. The van der Waals surface area contributed by atoms with Crippen LogP contribution in [0.15, 0.2) is 47.0 Å². The number of aryl methyl sites for hydroxylation is 2. The van der Waals surface area contributed by atoms with Crippen molar-refractivity contribution in [2.24, 2.45) is 5.92 Å². The molecule has 34 heavy (non-hydrogen) atoms. The summed E-state index contributed by atoms with van der Waals surface area (Å²) >= 11 is 0. The number of benzene rings is 2. The van der Waals surface area contributed by atoms with Gasteiger partial charge in [-0.25, -0.2) is 4.79 Å². The molecule has 1 saturated carbocycles. The van der Waals surface area contributed by atoms with E-state index < -0.39 is 0 Å². The third-order valence-electron chi connectivity index (χ3n) is 7.04. The van der Waals surface area contributed by atoms with E-state index >= 15 is 0 Å². The number of amides is 3. The number of carbonyl (C=O) groups excluding carboxylic acids is 2. The SMILES string of the molecule is COc1ccc(CN2C(=O)NC3CC(c4nc(-c5ccc(C)c(C)c5)no4)CCC3C2=O)cc1. The largest absolute Gasteiger partial charge is 0.497 e. The molecule has 1 aromatic heterocycles. The van der Waals surface area contributed by atoms with Crippen molar-refractivity contribution in [2.45, 2.75) is 51.6 Å². The minimum Gasteiger partial charge on any atom is -0.497 e. The molecule has 2 heterocycles. The summed E-state index contributed by atoms with van der Waals surface area (Å²) in [5.74, 6) is 1.51. The summed E-state index contributed by atoms with van der Waals surface area (Å²) in [5.41, 5.74) is 4.18. The van der Waals surface area contributed by atoms with E-state index in [1.54, 1.807) is 7.11 Å². The van der Waals surface area contributed by atoms with Crippen LogP contribution in [0.25, 0.3) is 11.4 Å². The van der Waals surface area contributed by atoms with Crippen LogP contribution in [0.2, 0.25) is 0 Å². The van der Waals surface area contributed by atoms with Gasteiger partial charge in [0.15, 0.2) is 0 Å². The minimum absolute atomic E-state index is 0.00952. The number of fused-ring (bicyclic) bond motifs is 1. The monoisotopic (exact) mass is 460 g/mol. The number of hydrogen-bond donors (Lipinski definition) is 1. The highest BCUT2D eigenvalue weighted by molar-refractivity contribution is 5.98. The van der Waals surface area contributed by atoms with Gasteiger partial charge in [0.25, 0.3) is 0 Å². The molecule has 0 spiro atoms. The fourth-order valence-corrected chi connectivity index (χ4v) is 4.85. The average Bonchev–Trinajstić information content (AvgIpc) is 3.34. The van der Waals surface area contributed by atoms with Crippen molar-refractivity contribution < 1.29 is 18.8 Å². The highest BCUT2D eigenvalue weighted by Gasteiger charge is 2.45.